The van der Waals surface area contributed by atoms with Gasteiger partial charge in [0.05, 0.1) is 17.9 Å². The van der Waals surface area contributed by atoms with Gasteiger partial charge in [0, 0.05) is 81.4 Å². The number of carbonyl (C=O) groups is 2. The van der Waals surface area contributed by atoms with Gasteiger partial charge in [0.15, 0.2) is 0 Å². The van der Waals surface area contributed by atoms with Crippen LogP contribution in [-0.2, 0) is 16.1 Å². The maximum Gasteiger partial charge on any atom is 0.223 e. The average molecular weight is 610 g/mol. The molecule has 2 fully saturated rings. The number of aromatic nitrogens is 3. The summed E-state index contributed by atoms with van der Waals surface area (Å²) in [5.74, 6) is -0.179. The number of carbonyl (C=O) groups excluding carboxylic acids is 2. The molecule has 43 heavy (non-hydrogen) atoms. The van der Waals surface area contributed by atoms with Crippen molar-refractivity contribution in [2.45, 2.75) is 65.2 Å². The summed E-state index contributed by atoms with van der Waals surface area (Å²) < 4.78 is 15.4. The van der Waals surface area contributed by atoms with Crippen LogP contribution in [0.15, 0.2) is 48.7 Å². The Balaban J connectivity index is 1.08. The van der Waals surface area contributed by atoms with Crippen LogP contribution < -0.4 is 4.90 Å². The first-order valence-electron chi connectivity index (χ1n) is 15.1. The standard InChI is InChI=1S/C32H41ClFN7O2/c1-22-17-27(34)7-10-30(22)25(4)41-21-28(35-36-41)20-40-23(2)18-39(19-24(40)3)32(43)12-11-31(42)38-15-13-37(14-16-38)29-8-5-26(33)6-9-29/h5-10,17,21,23-25H,11-16,18-20H2,1-4H3/t23-,24+,25-/m1/s1. The first kappa shape index (κ1) is 30.9. The largest absolute Gasteiger partial charge is 0.368 e. The van der Waals surface area contributed by atoms with Crippen molar-refractivity contribution in [2.24, 2.45) is 0 Å². The van der Waals surface area contributed by atoms with Crippen LogP contribution in [0.4, 0.5) is 10.1 Å². The van der Waals surface area contributed by atoms with Crippen LogP contribution in [0.25, 0.3) is 0 Å². The van der Waals surface area contributed by atoms with E-state index in [-0.39, 0.29) is 48.6 Å². The van der Waals surface area contributed by atoms with Crippen molar-refractivity contribution in [1.29, 1.82) is 0 Å². The molecule has 2 aliphatic heterocycles. The number of halogens is 2. The second kappa shape index (κ2) is 13.4. The molecule has 3 aromatic rings. The summed E-state index contributed by atoms with van der Waals surface area (Å²) in [5, 5.41) is 9.48. The van der Waals surface area contributed by atoms with Gasteiger partial charge in [-0.3, -0.25) is 14.5 Å². The SMILES string of the molecule is Cc1cc(F)ccc1[C@@H](C)n1cc(CN2[C@H](C)CN(C(=O)CCC(=O)N3CCN(c4ccc(Cl)cc4)CC3)C[C@@H]2C)nn1. The summed E-state index contributed by atoms with van der Waals surface area (Å²) in [7, 11) is 0. The lowest BCUT2D eigenvalue weighted by molar-refractivity contribution is -0.139. The molecule has 0 radical (unpaired) electrons. The molecule has 0 unspecified atom stereocenters. The van der Waals surface area contributed by atoms with E-state index < -0.39 is 0 Å². The van der Waals surface area contributed by atoms with Crippen molar-refractivity contribution >= 4 is 29.1 Å². The minimum Gasteiger partial charge on any atom is -0.368 e. The third kappa shape index (κ3) is 7.36. The molecule has 2 aliphatic rings. The minimum atomic E-state index is -0.246. The third-order valence-electron chi connectivity index (χ3n) is 8.81. The van der Waals surface area contributed by atoms with Crippen LogP contribution in [0.5, 0.6) is 0 Å². The van der Waals surface area contributed by atoms with Gasteiger partial charge in [0.25, 0.3) is 0 Å². The van der Waals surface area contributed by atoms with E-state index in [2.05, 4.69) is 34.0 Å². The van der Waals surface area contributed by atoms with Crippen LogP contribution in [-0.4, -0.2) is 92.9 Å². The number of benzene rings is 2. The number of piperazine rings is 2. The van der Waals surface area contributed by atoms with Gasteiger partial charge in [-0.1, -0.05) is 22.9 Å². The predicted octanol–water partition coefficient (Wildman–Crippen LogP) is 4.54. The van der Waals surface area contributed by atoms with E-state index in [1.807, 2.05) is 58.8 Å². The Hall–Kier alpha value is -3.50. The molecule has 0 bridgehead atoms. The fraction of sp³-hybridized carbons (Fsp3) is 0.500. The van der Waals surface area contributed by atoms with Gasteiger partial charge in [0.2, 0.25) is 11.8 Å². The van der Waals surface area contributed by atoms with Crippen LogP contribution in [0, 0.1) is 12.7 Å². The number of rotatable bonds is 8. The van der Waals surface area contributed by atoms with Gasteiger partial charge in [0.1, 0.15) is 5.82 Å². The second-order valence-electron chi connectivity index (χ2n) is 11.9. The van der Waals surface area contributed by atoms with Crippen molar-refractivity contribution in [3.8, 4) is 0 Å². The van der Waals surface area contributed by atoms with E-state index in [0.717, 1.165) is 35.6 Å². The monoisotopic (exact) mass is 609 g/mol. The van der Waals surface area contributed by atoms with Gasteiger partial charge in [-0.2, -0.15) is 0 Å². The normalized spacial score (nSPS) is 20.4. The highest BCUT2D eigenvalue weighted by Gasteiger charge is 2.33. The van der Waals surface area contributed by atoms with Crippen LogP contribution >= 0.6 is 11.6 Å². The number of aryl methyl sites for hydroxylation is 1. The third-order valence-corrected chi connectivity index (χ3v) is 9.06. The fourth-order valence-electron chi connectivity index (χ4n) is 6.28. The van der Waals surface area contributed by atoms with E-state index in [9.17, 15) is 14.0 Å². The molecule has 3 heterocycles. The molecular weight excluding hydrogens is 569 g/mol. The topological polar surface area (TPSA) is 77.8 Å². The Bertz CT molecular complexity index is 1410. The highest BCUT2D eigenvalue weighted by Crippen LogP contribution is 2.24. The molecule has 2 amide bonds. The molecule has 2 aromatic carbocycles. The number of amides is 2. The highest BCUT2D eigenvalue weighted by molar-refractivity contribution is 6.30. The van der Waals surface area contributed by atoms with E-state index in [0.29, 0.717) is 37.7 Å². The lowest BCUT2D eigenvalue weighted by Gasteiger charge is -2.44. The summed E-state index contributed by atoms with van der Waals surface area (Å²) in [6, 6.07) is 12.8. The Morgan fingerprint density at radius 3 is 2.21 bits per heavy atom. The molecular formula is C32H41ClFN7O2. The van der Waals surface area contributed by atoms with Crippen LogP contribution in [0.2, 0.25) is 5.02 Å². The zero-order chi connectivity index (χ0) is 30.7. The van der Waals surface area contributed by atoms with Gasteiger partial charge in [-0.05, 0) is 75.2 Å². The average Bonchev–Trinajstić information content (AvgIpc) is 3.46. The molecule has 0 aliphatic carbocycles. The number of hydrogen-bond donors (Lipinski definition) is 0. The lowest BCUT2D eigenvalue weighted by atomic mass is 10.0. The Labute approximate surface area is 258 Å². The molecule has 0 N–H and O–H groups in total. The maximum atomic E-state index is 13.6. The first-order valence-corrected chi connectivity index (χ1v) is 15.5. The number of nitrogens with zero attached hydrogens (tertiary/aromatic N) is 7. The molecule has 230 valence electrons. The summed E-state index contributed by atoms with van der Waals surface area (Å²) in [6.45, 7) is 12.8. The van der Waals surface area contributed by atoms with Crippen molar-refractivity contribution in [2.75, 3.05) is 44.2 Å². The molecule has 9 nitrogen and oxygen atoms in total. The zero-order valence-electron chi connectivity index (χ0n) is 25.4. The molecule has 5 rings (SSSR count). The lowest BCUT2D eigenvalue weighted by Crippen LogP contribution is -2.57. The second-order valence-corrected chi connectivity index (χ2v) is 12.3. The minimum absolute atomic E-state index is 0.0286. The molecule has 3 atom stereocenters. The van der Waals surface area contributed by atoms with Crippen molar-refractivity contribution < 1.29 is 14.0 Å². The number of hydrogen-bond acceptors (Lipinski definition) is 6. The number of anilines is 1. The highest BCUT2D eigenvalue weighted by atomic mass is 35.5. The summed E-state index contributed by atoms with van der Waals surface area (Å²) in [4.78, 5) is 34.4. The van der Waals surface area contributed by atoms with Gasteiger partial charge < -0.3 is 14.7 Å². The van der Waals surface area contributed by atoms with E-state index in [4.69, 9.17) is 11.6 Å². The van der Waals surface area contributed by atoms with E-state index in [1.54, 1.807) is 6.07 Å². The molecule has 0 saturated carbocycles. The summed E-state index contributed by atoms with van der Waals surface area (Å²) in [5.41, 5.74) is 3.84. The van der Waals surface area contributed by atoms with Crippen molar-refractivity contribution in [3.63, 3.8) is 0 Å². The van der Waals surface area contributed by atoms with Gasteiger partial charge >= 0.3 is 0 Å². The summed E-state index contributed by atoms with van der Waals surface area (Å²) in [6.07, 6.45) is 2.41. The fourth-order valence-corrected chi connectivity index (χ4v) is 6.41. The Kier molecular flexibility index (Phi) is 9.66. The smallest absolute Gasteiger partial charge is 0.223 e. The van der Waals surface area contributed by atoms with E-state index in [1.165, 1.54) is 12.1 Å². The quantitative estimate of drug-likeness (QED) is 0.373. The van der Waals surface area contributed by atoms with Gasteiger partial charge in [-0.15, -0.1) is 5.10 Å². The predicted molar refractivity (Wildman–Crippen MR) is 165 cm³/mol. The van der Waals surface area contributed by atoms with Crippen LogP contribution in [0.1, 0.15) is 56.5 Å². The van der Waals surface area contributed by atoms with Crippen molar-refractivity contribution in [1.82, 2.24) is 29.7 Å². The van der Waals surface area contributed by atoms with E-state index >= 15 is 0 Å². The Morgan fingerprint density at radius 2 is 1.58 bits per heavy atom. The van der Waals surface area contributed by atoms with Crippen molar-refractivity contribution in [3.05, 3.63) is 76.3 Å². The van der Waals surface area contributed by atoms with Gasteiger partial charge in [-0.25, -0.2) is 9.07 Å². The molecule has 1 aromatic heterocycles. The zero-order valence-corrected chi connectivity index (χ0v) is 26.2. The molecule has 2 saturated heterocycles. The maximum absolute atomic E-state index is 13.6. The summed E-state index contributed by atoms with van der Waals surface area (Å²) >= 11 is 6.00. The molecule has 11 heteroatoms. The Morgan fingerprint density at radius 1 is 0.953 bits per heavy atom. The molecule has 0 spiro atoms. The van der Waals surface area contributed by atoms with Crippen LogP contribution in [0.3, 0.4) is 0 Å². The first-order chi connectivity index (χ1) is 20.6.